The lowest BCUT2D eigenvalue weighted by molar-refractivity contribution is -0.144. The summed E-state index contributed by atoms with van der Waals surface area (Å²) in [6, 6.07) is 7.23. The summed E-state index contributed by atoms with van der Waals surface area (Å²) < 4.78 is 41.0. The summed E-state index contributed by atoms with van der Waals surface area (Å²) in [5.74, 6) is 0.297. The van der Waals surface area contributed by atoms with Crippen LogP contribution in [0.4, 0.5) is 13.2 Å². The molecule has 1 heterocycles. The van der Waals surface area contributed by atoms with Crippen molar-refractivity contribution < 1.29 is 18.0 Å². The number of alkyl halides is 3. The van der Waals surface area contributed by atoms with E-state index in [2.05, 4.69) is 12.0 Å². The van der Waals surface area contributed by atoms with Crippen molar-refractivity contribution in [3.63, 3.8) is 0 Å². The highest BCUT2D eigenvalue weighted by molar-refractivity contribution is 7.71. The van der Waals surface area contributed by atoms with Gasteiger partial charge in [0.05, 0.1) is 13.0 Å². The number of amides is 1. The third-order valence-electron chi connectivity index (χ3n) is 4.45. The Bertz CT molecular complexity index is 877. The second-order valence-electron chi connectivity index (χ2n) is 6.77. The van der Waals surface area contributed by atoms with Gasteiger partial charge in [-0.25, -0.2) is 4.68 Å². The predicted octanol–water partition coefficient (Wildman–Crippen LogP) is 5.34. The molecular weight excluding hydrogens is 425 g/mol. The minimum absolute atomic E-state index is 0.0213. The second kappa shape index (κ2) is 10.2. The maximum atomic E-state index is 12.3. The summed E-state index contributed by atoms with van der Waals surface area (Å²) in [5, 5.41) is 5.17. The number of hydrogen-bond donors (Lipinski definition) is 0. The molecule has 5 nitrogen and oxygen atoms in total. The first-order valence-electron chi connectivity index (χ1n) is 9.36. The van der Waals surface area contributed by atoms with Crippen LogP contribution in [0.1, 0.15) is 32.6 Å². The molecule has 0 radical (unpaired) electrons. The SMILES string of the molecule is CCCCn1c(-c2ccc(Cl)cc2)nn(CCC(=O)N(C)CCC(F)(F)F)c1=S. The molecule has 0 unspecified atom stereocenters. The normalized spacial score (nSPS) is 11.7. The Morgan fingerprint density at radius 2 is 1.90 bits per heavy atom. The van der Waals surface area contributed by atoms with Gasteiger partial charge in [-0.1, -0.05) is 24.9 Å². The number of unbranched alkanes of at least 4 members (excludes halogenated alkanes) is 1. The highest BCUT2D eigenvalue weighted by Crippen LogP contribution is 2.22. The molecule has 0 N–H and O–H groups in total. The van der Waals surface area contributed by atoms with E-state index in [4.69, 9.17) is 23.8 Å². The highest BCUT2D eigenvalue weighted by Gasteiger charge is 2.28. The molecule has 10 heteroatoms. The standard InChI is InChI=1S/C19H24ClF3N4OS/c1-3-4-11-26-17(14-5-7-15(20)8-6-14)24-27(18(26)29)12-9-16(28)25(2)13-10-19(21,22)23/h5-8H,3-4,9-13H2,1-2H3. The molecule has 0 aliphatic carbocycles. The molecule has 0 atom stereocenters. The molecule has 0 saturated heterocycles. The molecule has 29 heavy (non-hydrogen) atoms. The van der Waals surface area contributed by atoms with Crippen LogP contribution in [0.15, 0.2) is 24.3 Å². The van der Waals surface area contributed by atoms with Gasteiger partial charge in [0.25, 0.3) is 0 Å². The summed E-state index contributed by atoms with van der Waals surface area (Å²) in [6.45, 7) is 2.60. The fourth-order valence-corrected chi connectivity index (χ4v) is 3.16. The van der Waals surface area contributed by atoms with E-state index in [-0.39, 0.29) is 25.4 Å². The molecule has 0 fully saturated rings. The van der Waals surface area contributed by atoms with E-state index in [0.29, 0.717) is 22.2 Å². The third-order valence-corrected chi connectivity index (χ3v) is 5.14. The van der Waals surface area contributed by atoms with Gasteiger partial charge < -0.3 is 4.90 Å². The van der Waals surface area contributed by atoms with E-state index >= 15 is 0 Å². The summed E-state index contributed by atoms with van der Waals surface area (Å²) in [7, 11) is 1.37. The van der Waals surface area contributed by atoms with Gasteiger partial charge in [0.15, 0.2) is 10.6 Å². The largest absolute Gasteiger partial charge is 0.390 e. The average Bonchev–Trinajstić information content (AvgIpc) is 2.98. The first-order chi connectivity index (χ1) is 13.6. The van der Waals surface area contributed by atoms with E-state index < -0.39 is 12.6 Å². The van der Waals surface area contributed by atoms with Crippen molar-refractivity contribution in [2.75, 3.05) is 13.6 Å². The van der Waals surface area contributed by atoms with Crippen LogP contribution in [0.2, 0.25) is 5.02 Å². The van der Waals surface area contributed by atoms with Gasteiger partial charge in [0.2, 0.25) is 5.91 Å². The Morgan fingerprint density at radius 3 is 2.48 bits per heavy atom. The van der Waals surface area contributed by atoms with Crippen molar-refractivity contribution in [3.8, 4) is 11.4 Å². The maximum Gasteiger partial charge on any atom is 0.390 e. The smallest absolute Gasteiger partial charge is 0.345 e. The quantitative estimate of drug-likeness (QED) is 0.486. The number of carbonyl (C=O) groups excluding carboxylic acids is 1. The number of nitrogens with zero attached hydrogens (tertiary/aromatic N) is 4. The number of halogens is 4. The zero-order valence-corrected chi connectivity index (χ0v) is 17.9. The molecule has 1 amide bonds. The van der Waals surface area contributed by atoms with Crippen LogP contribution < -0.4 is 0 Å². The van der Waals surface area contributed by atoms with Crippen molar-refractivity contribution in [1.82, 2.24) is 19.2 Å². The van der Waals surface area contributed by atoms with Gasteiger partial charge in [0, 0.05) is 37.1 Å². The summed E-state index contributed by atoms with van der Waals surface area (Å²) >= 11 is 11.5. The van der Waals surface area contributed by atoms with Gasteiger partial charge in [0.1, 0.15) is 0 Å². The van der Waals surface area contributed by atoms with Gasteiger partial charge in [-0.2, -0.15) is 18.3 Å². The van der Waals surface area contributed by atoms with Crippen molar-refractivity contribution in [2.45, 2.75) is 51.9 Å². The molecule has 1 aromatic carbocycles. The van der Waals surface area contributed by atoms with Gasteiger partial charge in [-0.15, -0.1) is 0 Å². The Hall–Kier alpha value is -1.87. The summed E-state index contributed by atoms with van der Waals surface area (Å²) in [5.41, 5.74) is 0.851. The van der Waals surface area contributed by atoms with Crippen LogP contribution in [0.25, 0.3) is 11.4 Å². The lowest BCUT2D eigenvalue weighted by atomic mass is 10.2. The number of benzene rings is 1. The number of carbonyl (C=O) groups is 1. The average molecular weight is 449 g/mol. The molecule has 2 aromatic rings. The fourth-order valence-electron chi connectivity index (χ4n) is 2.73. The summed E-state index contributed by atoms with van der Waals surface area (Å²) in [4.78, 5) is 13.3. The second-order valence-corrected chi connectivity index (χ2v) is 7.57. The van der Waals surface area contributed by atoms with Crippen LogP contribution >= 0.6 is 23.8 Å². The number of aromatic nitrogens is 3. The van der Waals surface area contributed by atoms with Crippen molar-refractivity contribution >= 4 is 29.7 Å². The van der Waals surface area contributed by atoms with Gasteiger partial charge in [-0.05, 0) is 42.9 Å². The van der Waals surface area contributed by atoms with Crippen LogP contribution in [0.5, 0.6) is 0 Å². The van der Waals surface area contributed by atoms with Crippen LogP contribution in [-0.4, -0.2) is 44.9 Å². The minimum Gasteiger partial charge on any atom is -0.345 e. The Morgan fingerprint density at radius 1 is 1.24 bits per heavy atom. The number of hydrogen-bond acceptors (Lipinski definition) is 3. The molecule has 0 aliphatic heterocycles. The highest BCUT2D eigenvalue weighted by atomic mass is 35.5. The molecule has 0 saturated carbocycles. The first kappa shape index (κ1) is 23.4. The molecule has 0 aliphatic rings. The van der Waals surface area contributed by atoms with E-state index in [1.54, 1.807) is 16.8 Å². The molecule has 1 aromatic heterocycles. The van der Waals surface area contributed by atoms with E-state index in [9.17, 15) is 18.0 Å². The van der Waals surface area contributed by atoms with Crippen LogP contribution in [-0.2, 0) is 17.9 Å². The number of aryl methyl sites for hydroxylation is 1. The molecule has 160 valence electrons. The van der Waals surface area contributed by atoms with Crippen molar-refractivity contribution in [3.05, 3.63) is 34.1 Å². The molecular formula is C19H24ClF3N4OS. The lowest BCUT2D eigenvalue weighted by Crippen LogP contribution is -2.31. The molecule has 2 rings (SSSR count). The zero-order chi connectivity index (χ0) is 21.6. The molecule has 0 spiro atoms. The van der Waals surface area contributed by atoms with Gasteiger partial charge in [-0.3, -0.25) is 9.36 Å². The lowest BCUT2D eigenvalue weighted by Gasteiger charge is -2.18. The monoisotopic (exact) mass is 448 g/mol. The zero-order valence-electron chi connectivity index (χ0n) is 16.4. The Labute approximate surface area is 178 Å². The van der Waals surface area contributed by atoms with Gasteiger partial charge >= 0.3 is 6.18 Å². The minimum atomic E-state index is -4.29. The van der Waals surface area contributed by atoms with E-state index in [0.717, 1.165) is 23.3 Å². The summed E-state index contributed by atoms with van der Waals surface area (Å²) in [6.07, 6.45) is -3.40. The Balaban J connectivity index is 2.15. The predicted molar refractivity (Wildman–Crippen MR) is 109 cm³/mol. The van der Waals surface area contributed by atoms with E-state index in [1.807, 2.05) is 16.7 Å². The van der Waals surface area contributed by atoms with Crippen molar-refractivity contribution in [2.24, 2.45) is 0 Å². The molecule has 0 bridgehead atoms. The van der Waals surface area contributed by atoms with Crippen LogP contribution in [0, 0.1) is 4.77 Å². The Kier molecular flexibility index (Phi) is 8.27. The first-order valence-corrected chi connectivity index (χ1v) is 10.1. The van der Waals surface area contributed by atoms with Crippen LogP contribution in [0.3, 0.4) is 0 Å². The van der Waals surface area contributed by atoms with E-state index in [1.165, 1.54) is 7.05 Å². The topological polar surface area (TPSA) is 43.1 Å². The number of rotatable bonds is 9. The van der Waals surface area contributed by atoms with Crippen molar-refractivity contribution in [1.29, 1.82) is 0 Å². The maximum absolute atomic E-state index is 12.3. The fraction of sp³-hybridized carbons (Fsp3) is 0.526. The third kappa shape index (κ3) is 6.85.